The van der Waals surface area contributed by atoms with Gasteiger partial charge >= 0.3 is 0 Å². The van der Waals surface area contributed by atoms with Crippen molar-refractivity contribution in [3.8, 4) is 0 Å². The molecule has 3 aliphatic carbocycles. The summed E-state index contributed by atoms with van der Waals surface area (Å²) >= 11 is 0. The SMILES string of the molecule is O=C(C=C(O)C1CCCCC1)C1CC2C=CC1C2. The lowest BCUT2D eigenvalue weighted by Crippen LogP contribution is -2.19. The van der Waals surface area contributed by atoms with E-state index >= 15 is 0 Å². The zero-order valence-electron chi connectivity index (χ0n) is 10.8. The van der Waals surface area contributed by atoms with E-state index in [1.165, 1.54) is 19.3 Å². The third kappa shape index (κ3) is 2.25. The third-order valence-electron chi connectivity index (χ3n) is 4.96. The second-order valence-electron chi connectivity index (χ2n) is 6.19. The molecule has 2 bridgehead atoms. The molecule has 3 atom stereocenters. The lowest BCUT2D eigenvalue weighted by molar-refractivity contribution is -0.119. The Morgan fingerprint density at radius 2 is 1.89 bits per heavy atom. The molecule has 0 spiro atoms. The van der Waals surface area contributed by atoms with Gasteiger partial charge in [0.15, 0.2) is 5.78 Å². The van der Waals surface area contributed by atoms with Gasteiger partial charge in [-0.3, -0.25) is 4.79 Å². The van der Waals surface area contributed by atoms with Gasteiger partial charge in [0.05, 0.1) is 5.76 Å². The summed E-state index contributed by atoms with van der Waals surface area (Å²) in [4.78, 5) is 12.2. The standard InChI is InChI=1S/C16H22O2/c17-15(12-4-2-1-3-5-12)10-16(18)14-9-11-6-7-13(14)8-11/h6-7,10-14,17H,1-5,8-9H2. The first-order valence-electron chi connectivity index (χ1n) is 7.37. The molecule has 1 N–H and O–H groups in total. The van der Waals surface area contributed by atoms with Crippen molar-refractivity contribution in [3.63, 3.8) is 0 Å². The molecule has 0 radical (unpaired) electrons. The minimum atomic E-state index is 0.144. The number of carbonyl (C=O) groups excluding carboxylic acids is 1. The zero-order valence-corrected chi connectivity index (χ0v) is 10.8. The Morgan fingerprint density at radius 3 is 2.50 bits per heavy atom. The highest BCUT2D eigenvalue weighted by molar-refractivity contribution is 5.93. The number of carbonyl (C=O) groups is 1. The summed E-state index contributed by atoms with van der Waals surface area (Å²) in [6.07, 6.45) is 13.9. The van der Waals surface area contributed by atoms with Crippen LogP contribution in [0.4, 0.5) is 0 Å². The van der Waals surface area contributed by atoms with Gasteiger partial charge < -0.3 is 5.11 Å². The molecule has 3 unspecified atom stereocenters. The maximum Gasteiger partial charge on any atom is 0.162 e. The predicted octanol–water partition coefficient (Wildman–Crippen LogP) is 3.79. The molecule has 0 aliphatic heterocycles. The molecule has 3 rings (SSSR count). The first-order valence-corrected chi connectivity index (χ1v) is 7.37. The highest BCUT2D eigenvalue weighted by Gasteiger charge is 2.39. The van der Waals surface area contributed by atoms with E-state index in [0.29, 0.717) is 17.6 Å². The molecule has 2 saturated carbocycles. The number of fused-ring (bicyclic) bond motifs is 2. The Kier molecular flexibility index (Phi) is 3.27. The summed E-state index contributed by atoms with van der Waals surface area (Å²) in [6, 6.07) is 0. The number of hydrogen-bond acceptors (Lipinski definition) is 2. The van der Waals surface area contributed by atoms with Crippen molar-refractivity contribution in [2.75, 3.05) is 0 Å². The van der Waals surface area contributed by atoms with Gasteiger partial charge in [-0.25, -0.2) is 0 Å². The quantitative estimate of drug-likeness (QED) is 0.467. The van der Waals surface area contributed by atoms with E-state index in [9.17, 15) is 9.90 Å². The van der Waals surface area contributed by atoms with E-state index in [0.717, 1.165) is 25.7 Å². The summed E-state index contributed by atoms with van der Waals surface area (Å²) in [5, 5.41) is 10.1. The Bertz CT molecular complexity index is 388. The van der Waals surface area contributed by atoms with E-state index in [-0.39, 0.29) is 17.6 Å². The van der Waals surface area contributed by atoms with E-state index in [4.69, 9.17) is 0 Å². The van der Waals surface area contributed by atoms with E-state index in [1.54, 1.807) is 6.08 Å². The van der Waals surface area contributed by atoms with Gasteiger partial charge in [-0.2, -0.15) is 0 Å². The summed E-state index contributed by atoms with van der Waals surface area (Å²) in [6.45, 7) is 0. The van der Waals surface area contributed by atoms with Gasteiger partial charge in [0, 0.05) is 17.9 Å². The van der Waals surface area contributed by atoms with Crippen LogP contribution < -0.4 is 0 Å². The van der Waals surface area contributed by atoms with Crippen LogP contribution >= 0.6 is 0 Å². The van der Waals surface area contributed by atoms with Crippen LogP contribution in [-0.2, 0) is 4.79 Å². The lowest BCUT2D eigenvalue weighted by atomic mass is 9.85. The molecule has 3 aliphatic rings. The van der Waals surface area contributed by atoms with Crippen LogP contribution in [0.15, 0.2) is 24.0 Å². The van der Waals surface area contributed by atoms with Crippen molar-refractivity contribution in [2.45, 2.75) is 44.9 Å². The topological polar surface area (TPSA) is 37.3 Å². The summed E-state index contributed by atoms with van der Waals surface area (Å²) in [5.41, 5.74) is 0. The molecule has 0 heterocycles. The van der Waals surface area contributed by atoms with Gasteiger partial charge in [-0.1, -0.05) is 31.4 Å². The van der Waals surface area contributed by atoms with Crippen LogP contribution in [0.3, 0.4) is 0 Å². The van der Waals surface area contributed by atoms with Gasteiger partial charge in [-0.05, 0) is 37.5 Å². The van der Waals surface area contributed by atoms with Crippen LogP contribution in [0.1, 0.15) is 44.9 Å². The first-order chi connectivity index (χ1) is 8.74. The average molecular weight is 246 g/mol. The van der Waals surface area contributed by atoms with Gasteiger partial charge in [0.25, 0.3) is 0 Å². The number of aliphatic hydroxyl groups is 1. The number of ketones is 1. The molecule has 0 amide bonds. The molecule has 0 aromatic rings. The van der Waals surface area contributed by atoms with Crippen LogP contribution in [-0.4, -0.2) is 10.9 Å². The third-order valence-corrected chi connectivity index (χ3v) is 4.96. The smallest absolute Gasteiger partial charge is 0.162 e. The molecule has 0 aromatic carbocycles. The second-order valence-corrected chi connectivity index (χ2v) is 6.19. The van der Waals surface area contributed by atoms with E-state index in [2.05, 4.69) is 12.2 Å². The normalized spacial score (nSPS) is 36.2. The van der Waals surface area contributed by atoms with E-state index < -0.39 is 0 Å². The number of allylic oxidation sites excluding steroid dienone is 4. The summed E-state index contributed by atoms with van der Waals surface area (Å²) in [5.74, 6) is 1.97. The largest absolute Gasteiger partial charge is 0.512 e. The van der Waals surface area contributed by atoms with Crippen LogP contribution in [0.25, 0.3) is 0 Å². The predicted molar refractivity (Wildman–Crippen MR) is 71.1 cm³/mol. The fourth-order valence-corrected chi connectivity index (χ4v) is 3.88. The molecule has 98 valence electrons. The molecule has 2 nitrogen and oxygen atoms in total. The minimum Gasteiger partial charge on any atom is -0.512 e. The van der Waals surface area contributed by atoms with Crippen molar-refractivity contribution in [1.82, 2.24) is 0 Å². The molecule has 2 fully saturated rings. The van der Waals surface area contributed by atoms with Gasteiger partial charge in [0.2, 0.25) is 0 Å². The highest BCUT2D eigenvalue weighted by Crippen LogP contribution is 2.44. The maximum absolute atomic E-state index is 12.2. The fraction of sp³-hybridized carbons (Fsp3) is 0.688. The van der Waals surface area contributed by atoms with Gasteiger partial charge in [-0.15, -0.1) is 0 Å². The Morgan fingerprint density at radius 1 is 1.11 bits per heavy atom. The number of hydrogen-bond donors (Lipinski definition) is 1. The first kappa shape index (κ1) is 12.0. The summed E-state index contributed by atoms with van der Waals surface area (Å²) in [7, 11) is 0. The molecule has 0 aromatic heterocycles. The maximum atomic E-state index is 12.2. The number of aliphatic hydroxyl groups excluding tert-OH is 1. The van der Waals surface area contributed by atoms with Crippen molar-refractivity contribution in [2.24, 2.45) is 23.7 Å². The van der Waals surface area contributed by atoms with Gasteiger partial charge in [0.1, 0.15) is 0 Å². The average Bonchev–Trinajstić information content (AvgIpc) is 3.02. The van der Waals surface area contributed by atoms with Crippen molar-refractivity contribution in [1.29, 1.82) is 0 Å². The van der Waals surface area contributed by atoms with E-state index in [1.807, 2.05) is 0 Å². The molecular formula is C16H22O2. The fourth-order valence-electron chi connectivity index (χ4n) is 3.88. The van der Waals surface area contributed by atoms with Crippen LogP contribution in [0.5, 0.6) is 0 Å². The van der Waals surface area contributed by atoms with Crippen LogP contribution in [0.2, 0.25) is 0 Å². The molecule has 0 saturated heterocycles. The zero-order chi connectivity index (χ0) is 12.5. The second kappa shape index (κ2) is 4.91. The lowest BCUT2D eigenvalue weighted by Gasteiger charge is -2.21. The van der Waals surface area contributed by atoms with Crippen molar-refractivity contribution < 1.29 is 9.90 Å². The van der Waals surface area contributed by atoms with Crippen molar-refractivity contribution in [3.05, 3.63) is 24.0 Å². The molecule has 2 heteroatoms. The minimum absolute atomic E-state index is 0.144. The Balaban J connectivity index is 1.64. The molecule has 18 heavy (non-hydrogen) atoms. The van der Waals surface area contributed by atoms with Crippen LogP contribution in [0, 0.1) is 23.7 Å². The Labute approximate surface area is 109 Å². The summed E-state index contributed by atoms with van der Waals surface area (Å²) < 4.78 is 0. The van der Waals surface area contributed by atoms with Crippen molar-refractivity contribution >= 4 is 5.78 Å². The monoisotopic (exact) mass is 246 g/mol. The number of rotatable bonds is 3. The highest BCUT2D eigenvalue weighted by atomic mass is 16.3. The Hall–Kier alpha value is -1.05. The molecular weight excluding hydrogens is 224 g/mol.